The molecule has 0 unspecified atom stereocenters. The number of carbonyl (C=O) groups excluding carboxylic acids is 2. The van der Waals surface area contributed by atoms with Gasteiger partial charge in [0.25, 0.3) is 0 Å². The second kappa shape index (κ2) is 7.75. The summed E-state index contributed by atoms with van der Waals surface area (Å²) in [6, 6.07) is 14.1. The molecule has 2 aromatic rings. The number of hydrogen-bond acceptors (Lipinski definition) is 3. The Morgan fingerprint density at radius 2 is 2.00 bits per heavy atom. The van der Waals surface area contributed by atoms with Crippen LogP contribution < -0.4 is 10.2 Å². The van der Waals surface area contributed by atoms with Gasteiger partial charge in [-0.2, -0.15) is 5.26 Å². The van der Waals surface area contributed by atoms with E-state index in [1.54, 1.807) is 30.3 Å². The normalized spacial score (nSPS) is 9.92. The highest BCUT2D eigenvalue weighted by Crippen LogP contribution is 2.20. The van der Waals surface area contributed by atoms with Crippen molar-refractivity contribution in [2.24, 2.45) is 0 Å². The van der Waals surface area contributed by atoms with Gasteiger partial charge in [-0.25, -0.2) is 0 Å². The van der Waals surface area contributed by atoms with Crippen molar-refractivity contribution in [3.8, 4) is 6.07 Å². The van der Waals surface area contributed by atoms with Crippen molar-refractivity contribution >= 4 is 39.1 Å². The smallest absolute Gasteiger partial charge is 0.244 e. The van der Waals surface area contributed by atoms with E-state index in [1.807, 2.05) is 25.1 Å². The summed E-state index contributed by atoms with van der Waals surface area (Å²) in [7, 11) is 0. The third-order valence-electron chi connectivity index (χ3n) is 3.41. The minimum absolute atomic E-state index is 0.126. The van der Waals surface area contributed by atoms with Gasteiger partial charge in [0, 0.05) is 22.8 Å². The molecule has 24 heavy (non-hydrogen) atoms. The minimum atomic E-state index is -0.311. The molecule has 0 spiro atoms. The summed E-state index contributed by atoms with van der Waals surface area (Å²) in [6.45, 7) is 3.18. The molecule has 5 nitrogen and oxygen atoms in total. The van der Waals surface area contributed by atoms with Crippen molar-refractivity contribution in [3.05, 3.63) is 58.1 Å². The Bertz CT molecular complexity index is 827. The van der Waals surface area contributed by atoms with Gasteiger partial charge in [-0.15, -0.1) is 0 Å². The van der Waals surface area contributed by atoms with Crippen LogP contribution in [0.15, 0.2) is 46.9 Å². The molecule has 0 heterocycles. The topological polar surface area (TPSA) is 73.2 Å². The first-order valence-corrected chi connectivity index (χ1v) is 8.04. The number of nitrogens with zero attached hydrogens (tertiary/aromatic N) is 2. The third-order valence-corrected chi connectivity index (χ3v) is 4.30. The molecule has 0 aliphatic rings. The number of amides is 2. The van der Waals surface area contributed by atoms with Crippen LogP contribution in [0.2, 0.25) is 0 Å². The van der Waals surface area contributed by atoms with Gasteiger partial charge in [-0.05, 0) is 48.9 Å². The second-order valence-corrected chi connectivity index (χ2v) is 6.13. The van der Waals surface area contributed by atoms with Crippen molar-refractivity contribution in [1.82, 2.24) is 0 Å². The van der Waals surface area contributed by atoms with E-state index in [-0.39, 0.29) is 18.4 Å². The number of nitrogens with one attached hydrogen (secondary N) is 1. The van der Waals surface area contributed by atoms with Gasteiger partial charge in [0.1, 0.15) is 6.54 Å². The second-order valence-electron chi connectivity index (χ2n) is 5.28. The summed E-state index contributed by atoms with van der Waals surface area (Å²) >= 11 is 3.41. The van der Waals surface area contributed by atoms with Crippen molar-refractivity contribution in [1.29, 1.82) is 5.26 Å². The predicted molar refractivity (Wildman–Crippen MR) is 96.7 cm³/mol. The molecule has 2 aromatic carbocycles. The zero-order valence-corrected chi connectivity index (χ0v) is 14.9. The number of carbonyl (C=O) groups is 2. The molecule has 0 aliphatic carbocycles. The van der Waals surface area contributed by atoms with Crippen LogP contribution >= 0.6 is 15.9 Å². The van der Waals surface area contributed by atoms with Gasteiger partial charge in [0.15, 0.2) is 0 Å². The van der Waals surface area contributed by atoms with Crippen molar-refractivity contribution in [2.75, 3.05) is 16.8 Å². The molecular weight excluding hydrogens is 370 g/mol. The van der Waals surface area contributed by atoms with E-state index in [0.29, 0.717) is 16.9 Å². The summed E-state index contributed by atoms with van der Waals surface area (Å²) in [6.07, 6.45) is 0. The largest absolute Gasteiger partial charge is 0.325 e. The molecule has 6 heteroatoms. The highest BCUT2D eigenvalue weighted by atomic mass is 79.9. The lowest BCUT2D eigenvalue weighted by molar-refractivity contribution is -0.120. The van der Waals surface area contributed by atoms with Gasteiger partial charge in [0.05, 0.1) is 11.6 Å². The first kappa shape index (κ1) is 17.7. The van der Waals surface area contributed by atoms with Crippen LogP contribution in [-0.2, 0) is 9.59 Å². The van der Waals surface area contributed by atoms with Gasteiger partial charge < -0.3 is 10.2 Å². The van der Waals surface area contributed by atoms with Crippen LogP contribution in [-0.4, -0.2) is 18.4 Å². The molecule has 122 valence electrons. The summed E-state index contributed by atoms with van der Waals surface area (Å²) in [5.74, 6) is -0.582. The lowest BCUT2D eigenvalue weighted by Gasteiger charge is -2.21. The molecular formula is C18H16BrN3O2. The summed E-state index contributed by atoms with van der Waals surface area (Å²) in [5.41, 5.74) is 2.61. The monoisotopic (exact) mass is 385 g/mol. The molecule has 0 saturated carbocycles. The number of aryl methyl sites for hydroxylation is 1. The fraction of sp³-hybridized carbons (Fsp3) is 0.167. The quantitative estimate of drug-likeness (QED) is 0.872. The lowest BCUT2D eigenvalue weighted by Crippen LogP contribution is -2.36. The number of benzene rings is 2. The van der Waals surface area contributed by atoms with Crippen LogP contribution in [0.1, 0.15) is 18.1 Å². The molecule has 2 amide bonds. The van der Waals surface area contributed by atoms with Gasteiger partial charge >= 0.3 is 0 Å². The molecule has 1 N–H and O–H groups in total. The van der Waals surface area contributed by atoms with Crippen LogP contribution in [0.25, 0.3) is 0 Å². The Morgan fingerprint density at radius 1 is 1.25 bits per heavy atom. The summed E-state index contributed by atoms with van der Waals surface area (Å²) in [5, 5.41) is 11.7. The van der Waals surface area contributed by atoms with Crippen molar-refractivity contribution < 1.29 is 9.59 Å². The van der Waals surface area contributed by atoms with E-state index in [9.17, 15) is 9.59 Å². The Hall–Kier alpha value is -2.65. The average molecular weight is 386 g/mol. The molecule has 0 atom stereocenters. The molecule has 2 rings (SSSR count). The molecule has 0 fully saturated rings. The fourth-order valence-electron chi connectivity index (χ4n) is 2.19. The molecule has 0 aromatic heterocycles. The number of rotatable bonds is 4. The fourth-order valence-corrected chi connectivity index (χ4v) is 2.44. The minimum Gasteiger partial charge on any atom is -0.325 e. The van der Waals surface area contributed by atoms with Crippen LogP contribution in [0.3, 0.4) is 0 Å². The molecule has 0 bridgehead atoms. The third kappa shape index (κ3) is 4.43. The number of hydrogen-bond donors (Lipinski definition) is 1. The predicted octanol–water partition coefficient (Wildman–Crippen LogP) is 3.62. The highest BCUT2D eigenvalue weighted by Gasteiger charge is 2.16. The average Bonchev–Trinajstić information content (AvgIpc) is 2.56. The van der Waals surface area contributed by atoms with Crippen molar-refractivity contribution in [3.63, 3.8) is 0 Å². The van der Waals surface area contributed by atoms with E-state index in [2.05, 4.69) is 21.2 Å². The van der Waals surface area contributed by atoms with Gasteiger partial charge in [0.2, 0.25) is 11.8 Å². The molecule has 0 aliphatic heterocycles. The zero-order valence-electron chi connectivity index (χ0n) is 13.3. The Balaban J connectivity index is 2.15. The van der Waals surface area contributed by atoms with Crippen molar-refractivity contribution in [2.45, 2.75) is 13.8 Å². The Labute approximate surface area is 149 Å². The molecule has 0 saturated heterocycles. The maximum absolute atomic E-state index is 12.3. The number of halogens is 1. The lowest BCUT2D eigenvalue weighted by atomic mass is 10.2. The first-order chi connectivity index (χ1) is 11.4. The van der Waals surface area contributed by atoms with E-state index in [1.165, 1.54) is 11.8 Å². The van der Waals surface area contributed by atoms with Crippen LogP contribution in [0, 0.1) is 18.3 Å². The SMILES string of the molecule is CC(=O)N(CC(=O)Nc1ccc(Br)c(C)c1)c1cccc(C#N)c1. The van der Waals surface area contributed by atoms with Gasteiger partial charge in [-0.3, -0.25) is 9.59 Å². The Kier molecular flexibility index (Phi) is 5.72. The molecule has 0 radical (unpaired) electrons. The van der Waals surface area contributed by atoms with Gasteiger partial charge in [-0.1, -0.05) is 22.0 Å². The van der Waals surface area contributed by atoms with E-state index >= 15 is 0 Å². The first-order valence-electron chi connectivity index (χ1n) is 7.25. The Morgan fingerprint density at radius 3 is 2.62 bits per heavy atom. The van der Waals surface area contributed by atoms with E-state index in [0.717, 1.165) is 10.0 Å². The van der Waals surface area contributed by atoms with Crippen LogP contribution in [0.5, 0.6) is 0 Å². The van der Waals surface area contributed by atoms with E-state index in [4.69, 9.17) is 5.26 Å². The number of nitriles is 1. The van der Waals surface area contributed by atoms with E-state index < -0.39 is 0 Å². The summed E-state index contributed by atoms with van der Waals surface area (Å²) < 4.78 is 0.958. The highest BCUT2D eigenvalue weighted by molar-refractivity contribution is 9.10. The maximum atomic E-state index is 12.3. The maximum Gasteiger partial charge on any atom is 0.244 e. The van der Waals surface area contributed by atoms with Crippen LogP contribution in [0.4, 0.5) is 11.4 Å². The zero-order chi connectivity index (χ0) is 17.7. The number of anilines is 2. The summed E-state index contributed by atoms with van der Waals surface area (Å²) in [4.78, 5) is 25.5. The standard InChI is InChI=1S/C18H16BrN3O2/c1-12-8-15(6-7-17(12)19)21-18(24)11-22(13(2)23)16-5-3-4-14(9-16)10-20/h3-9H,11H2,1-2H3,(H,21,24).